The Morgan fingerprint density at radius 1 is 1.26 bits per heavy atom. The number of furan rings is 1. The maximum atomic E-state index is 13.1. The summed E-state index contributed by atoms with van der Waals surface area (Å²) in [5.41, 5.74) is 2.77. The monoisotopic (exact) mass is 417 g/mol. The summed E-state index contributed by atoms with van der Waals surface area (Å²) in [7, 11) is 0. The molecule has 31 heavy (non-hydrogen) atoms. The lowest BCUT2D eigenvalue weighted by Crippen LogP contribution is -2.36. The second kappa shape index (κ2) is 6.26. The van der Waals surface area contributed by atoms with E-state index in [0.29, 0.717) is 36.1 Å². The molecule has 4 aromatic rings. The number of aryl methyl sites for hydroxylation is 1. The van der Waals surface area contributed by atoms with Crippen LogP contribution in [0.5, 0.6) is 0 Å². The van der Waals surface area contributed by atoms with Gasteiger partial charge in [-0.1, -0.05) is 6.92 Å². The third kappa shape index (κ3) is 2.65. The minimum atomic E-state index is -0.0482. The highest BCUT2D eigenvalue weighted by Gasteiger charge is 2.51. The third-order valence-electron chi connectivity index (χ3n) is 6.96. The molecular formula is C22H23N7O2. The van der Waals surface area contributed by atoms with Crippen LogP contribution in [0.1, 0.15) is 28.7 Å². The van der Waals surface area contributed by atoms with Gasteiger partial charge in [0.1, 0.15) is 17.7 Å². The molecule has 9 nitrogen and oxygen atoms in total. The number of rotatable bonds is 2. The first-order valence-electron chi connectivity index (χ1n) is 10.5. The molecule has 2 atom stereocenters. The average Bonchev–Trinajstić information content (AvgIpc) is 3.49. The van der Waals surface area contributed by atoms with E-state index in [1.807, 2.05) is 16.3 Å². The molecule has 0 aliphatic carbocycles. The van der Waals surface area contributed by atoms with Gasteiger partial charge >= 0.3 is 0 Å². The van der Waals surface area contributed by atoms with Gasteiger partial charge in [-0.15, -0.1) is 0 Å². The van der Waals surface area contributed by atoms with Crippen molar-refractivity contribution in [2.75, 3.05) is 31.1 Å². The molecule has 158 valence electrons. The van der Waals surface area contributed by atoms with E-state index in [9.17, 15) is 4.79 Å². The van der Waals surface area contributed by atoms with Crippen LogP contribution in [0.2, 0.25) is 0 Å². The fourth-order valence-corrected chi connectivity index (χ4v) is 5.19. The van der Waals surface area contributed by atoms with Crippen molar-refractivity contribution in [3.05, 3.63) is 47.9 Å². The van der Waals surface area contributed by atoms with Crippen LogP contribution in [0.3, 0.4) is 0 Å². The van der Waals surface area contributed by atoms with Gasteiger partial charge in [0, 0.05) is 66.5 Å². The zero-order valence-corrected chi connectivity index (χ0v) is 17.7. The number of hydrogen-bond donors (Lipinski definition) is 0. The molecule has 0 aromatic carbocycles. The summed E-state index contributed by atoms with van der Waals surface area (Å²) >= 11 is 0. The second-order valence-electron chi connectivity index (χ2n) is 9.06. The lowest BCUT2D eigenvalue weighted by molar-refractivity contribution is 0.0745. The van der Waals surface area contributed by atoms with E-state index in [1.165, 1.54) is 0 Å². The molecule has 9 heteroatoms. The largest absolute Gasteiger partial charge is 0.451 e. The Morgan fingerprint density at radius 2 is 2.13 bits per heavy atom. The first-order valence-corrected chi connectivity index (χ1v) is 10.5. The summed E-state index contributed by atoms with van der Waals surface area (Å²) in [5, 5.41) is 5.25. The highest BCUT2D eigenvalue weighted by atomic mass is 16.3. The Balaban J connectivity index is 1.27. The standard InChI is InChI=1S/C22H23N7O2/c1-13-14(2)26-21-24-12-25-29(21)19(13)27-8-16-9-28(11-22(16,3)10-27)20(30)18-6-15-7-23-5-4-17(15)31-18/h4-7,12,16H,8-11H2,1-3H3/t16-,22+/m1/s1. The number of pyridine rings is 1. The van der Waals surface area contributed by atoms with E-state index in [2.05, 4.69) is 38.8 Å². The normalized spacial score (nSPS) is 23.3. The lowest BCUT2D eigenvalue weighted by Gasteiger charge is -2.27. The zero-order chi connectivity index (χ0) is 21.3. The number of likely N-dealkylation sites (tertiary alicyclic amines) is 1. The molecule has 0 saturated carbocycles. The predicted octanol–water partition coefficient (Wildman–Crippen LogP) is 2.48. The van der Waals surface area contributed by atoms with Gasteiger partial charge in [-0.2, -0.15) is 14.6 Å². The lowest BCUT2D eigenvalue weighted by atomic mass is 9.83. The van der Waals surface area contributed by atoms with Crippen LogP contribution in [0.4, 0.5) is 5.82 Å². The average molecular weight is 417 g/mol. The first-order chi connectivity index (χ1) is 14.9. The summed E-state index contributed by atoms with van der Waals surface area (Å²) in [6, 6.07) is 3.58. The van der Waals surface area contributed by atoms with Gasteiger partial charge in [0.2, 0.25) is 0 Å². The van der Waals surface area contributed by atoms with Crippen LogP contribution in [0.25, 0.3) is 16.7 Å². The summed E-state index contributed by atoms with van der Waals surface area (Å²) in [6.45, 7) is 9.50. The quantitative estimate of drug-likeness (QED) is 0.495. The fourth-order valence-electron chi connectivity index (χ4n) is 5.19. The number of fused-ring (bicyclic) bond motifs is 3. The minimum absolute atomic E-state index is 0.000247. The molecule has 0 unspecified atom stereocenters. The van der Waals surface area contributed by atoms with Gasteiger partial charge in [-0.3, -0.25) is 9.78 Å². The third-order valence-corrected chi connectivity index (χ3v) is 6.96. The number of carbonyl (C=O) groups excluding carboxylic acids is 1. The van der Waals surface area contributed by atoms with E-state index in [1.54, 1.807) is 30.9 Å². The second-order valence-corrected chi connectivity index (χ2v) is 9.06. The molecule has 0 spiro atoms. The van der Waals surface area contributed by atoms with E-state index >= 15 is 0 Å². The SMILES string of the molecule is Cc1nc2ncnn2c(N2C[C@@H]3CN(C(=O)c4cc5cnccc5o4)C[C@]3(C)C2)c1C. The molecule has 2 aliphatic rings. The smallest absolute Gasteiger partial charge is 0.289 e. The Hall–Kier alpha value is -3.49. The number of carbonyl (C=O) groups is 1. The van der Waals surface area contributed by atoms with Crippen molar-refractivity contribution in [3.8, 4) is 0 Å². The fraction of sp³-hybridized carbons (Fsp3) is 0.409. The van der Waals surface area contributed by atoms with Crippen molar-refractivity contribution in [1.29, 1.82) is 0 Å². The first kappa shape index (κ1) is 18.3. The highest BCUT2D eigenvalue weighted by Crippen LogP contribution is 2.44. The molecule has 0 radical (unpaired) electrons. The van der Waals surface area contributed by atoms with Crippen molar-refractivity contribution in [1.82, 2.24) is 29.5 Å². The maximum absolute atomic E-state index is 13.1. The van der Waals surface area contributed by atoms with Crippen molar-refractivity contribution < 1.29 is 9.21 Å². The van der Waals surface area contributed by atoms with E-state index < -0.39 is 0 Å². The van der Waals surface area contributed by atoms with Crippen molar-refractivity contribution in [2.45, 2.75) is 20.8 Å². The zero-order valence-electron chi connectivity index (χ0n) is 17.7. The van der Waals surface area contributed by atoms with Gasteiger partial charge in [0.05, 0.1) is 0 Å². The summed E-state index contributed by atoms with van der Waals surface area (Å²) in [6.07, 6.45) is 4.94. The van der Waals surface area contributed by atoms with Gasteiger partial charge in [-0.25, -0.2) is 4.98 Å². The Morgan fingerprint density at radius 3 is 2.94 bits per heavy atom. The molecule has 6 rings (SSSR count). The molecule has 1 amide bonds. The molecule has 2 aliphatic heterocycles. The van der Waals surface area contributed by atoms with Crippen LogP contribution in [-0.4, -0.2) is 61.6 Å². The summed E-state index contributed by atoms with van der Waals surface area (Å²) in [5.74, 6) is 2.38. The predicted molar refractivity (Wildman–Crippen MR) is 114 cm³/mol. The summed E-state index contributed by atoms with van der Waals surface area (Å²) in [4.78, 5) is 30.4. The van der Waals surface area contributed by atoms with Crippen LogP contribution < -0.4 is 4.90 Å². The van der Waals surface area contributed by atoms with Crippen molar-refractivity contribution in [3.63, 3.8) is 0 Å². The van der Waals surface area contributed by atoms with Gasteiger partial charge < -0.3 is 14.2 Å². The van der Waals surface area contributed by atoms with Crippen LogP contribution >= 0.6 is 0 Å². The molecule has 6 heterocycles. The number of aromatic nitrogens is 5. The van der Waals surface area contributed by atoms with Crippen LogP contribution in [-0.2, 0) is 0 Å². The van der Waals surface area contributed by atoms with E-state index in [-0.39, 0.29) is 11.3 Å². The highest BCUT2D eigenvalue weighted by molar-refractivity contribution is 5.96. The topological polar surface area (TPSA) is 92.7 Å². The number of nitrogens with zero attached hydrogens (tertiary/aromatic N) is 7. The van der Waals surface area contributed by atoms with Gasteiger partial charge in [0.15, 0.2) is 5.76 Å². The Labute approximate surface area is 178 Å². The molecule has 2 fully saturated rings. The van der Waals surface area contributed by atoms with Crippen LogP contribution in [0, 0.1) is 25.2 Å². The number of anilines is 1. The van der Waals surface area contributed by atoms with E-state index in [4.69, 9.17) is 4.42 Å². The van der Waals surface area contributed by atoms with Crippen LogP contribution in [0.15, 0.2) is 35.3 Å². The Bertz CT molecular complexity index is 1310. The van der Waals surface area contributed by atoms with Crippen molar-refractivity contribution >= 4 is 28.5 Å². The number of amides is 1. The van der Waals surface area contributed by atoms with Gasteiger partial charge in [-0.05, 0) is 26.0 Å². The summed E-state index contributed by atoms with van der Waals surface area (Å²) < 4.78 is 7.62. The molecule has 2 saturated heterocycles. The maximum Gasteiger partial charge on any atom is 0.289 e. The van der Waals surface area contributed by atoms with Gasteiger partial charge in [0.25, 0.3) is 11.7 Å². The number of hydrogen-bond acceptors (Lipinski definition) is 7. The molecular weight excluding hydrogens is 394 g/mol. The minimum Gasteiger partial charge on any atom is -0.451 e. The van der Waals surface area contributed by atoms with E-state index in [0.717, 1.165) is 35.6 Å². The molecule has 0 bridgehead atoms. The van der Waals surface area contributed by atoms with Crippen molar-refractivity contribution in [2.24, 2.45) is 11.3 Å². The molecule has 4 aromatic heterocycles. The molecule has 0 N–H and O–H groups in total. The Kier molecular flexibility index (Phi) is 3.69.